The minimum Gasteiger partial charge on any atom is -0.368 e. The topological polar surface area (TPSA) is 65.1 Å². The van der Waals surface area contributed by atoms with Crippen LogP contribution in [0.2, 0.25) is 0 Å². The van der Waals surface area contributed by atoms with Crippen LogP contribution in [0.1, 0.15) is 52.9 Å². The molecule has 0 spiro atoms. The molecule has 3 saturated heterocycles. The standard InChI is InChI=1S/C21H36N4O3/c1-13-12-24(21(27)20-6-5-9-28-20)19-10-16(17-11-22-23(4)14(17)2)7-8-18(19)25(13)15(3)26/h13-14,16-20,22H,5-12H2,1-4H3/t13-,14?,16?,17?,18?,19?,20?/m0/s1. The highest BCUT2D eigenvalue weighted by molar-refractivity contribution is 5.82. The van der Waals surface area contributed by atoms with Gasteiger partial charge in [-0.15, -0.1) is 0 Å². The van der Waals surface area contributed by atoms with E-state index in [0.717, 1.165) is 38.6 Å². The Morgan fingerprint density at radius 1 is 1.11 bits per heavy atom. The molecule has 4 aliphatic rings. The number of carbonyl (C=O) groups excluding carboxylic acids is 2. The van der Waals surface area contributed by atoms with Crippen LogP contribution in [-0.2, 0) is 14.3 Å². The van der Waals surface area contributed by atoms with Gasteiger partial charge in [0, 0.05) is 45.8 Å². The van der Waals surface area contributed by atoms with Gasteiger partial charge in [0.05, 0.1) is 12.1 Å². The predicted molar refractivity (Wildman–Crippen MR) is 106 cm³/mol. The molecule has 0 bridgehead atoms. The molecular weight excluding hydrogens is 356 g/mol. The molecule has 1 aliphatic carbocycles. The van der Waals surface area contributed by atoms with Gasteiger partial charge in [0.2, 0.25) is 5.91 Å². The van der Waals surface area contributed by atoms with Gasteiger partial charge in [-0.25, -0.2) is 5.01 Å². The van der Waals surface area contributed by atoms with Crippen molar-refractivity contribution in [2.24, 2.45) is 11.8 Å². The van der Waals surface area contributed by atoms with Crippen molar-refractivity contribution >= 4 is 11.8 Å². The van der Waals surface area contributed by atoms with Crippen LogP contribution >= 0.6 is 0 Å². The van der Waals surface area contributed by atoms with Crippen LogP contribution in [-0.4, -0.2) is 83.6 Å². The number of piperazine rings is 1. The summed E-state index contributed by atoms with van der Waals surface area (Å²) in [6.45, 7) is 8.37. The van der Waals surface area contributed by atoms with Crippen molar-refractivity contribution < 1.29 is 14.3 Å². The number of ether oxygens (including phenoxy) is 1. The van der Waals surface area contributed by atoms with Crippen LogP contribution in [0.25, 0.3) is 0 Å². The summed E-state index contributed by atoms with van der Waals surface area (Å²) in [7, 11) is 2.11. The number of carbonyl (C=O) groups is 2. The molecule has 0 aromatic rings. The third-order valence-corrected chi connectivity index (χ3v) is 7.78. The fourth-order valence-corrected chi connectivity index (χ4v) is 6.21. The number of hydrazine groups is 1. The molecule has 0 radical (unpaired) electrons. The summed E-state index contributed by atoms with van der Waals surface area (Å²) < 4.78 is 5.73. The van der Waals surface area contributed by atoms with E-state index in [-0.39, 0.29) is 36.0 Å². The summed E-state index contributed by atoms with van der Waals surface area (Å²) in [5, 5.41) is 2.22. The molecule has 0 aromatic carbocycles. The van der Waals surface area contributed by atoms with E-state index in [4.69, 9.17) is 4.74 Å². The molecule has 7 nitrogen and oxygen atoms in total. The lowest BCUT2D eigenvalue weighted by Gasteiger charge is -2.55. The monoisotopic (exact) mass is 392 g/mol. The van der Waals surface area contributed by atoms with Gasteiger partial charge < -0.3 is 14.5 Å². The summed E-state index contributed by atoms with van der Waals surface area (Å²) in [6, 6.07) is 0.827. The zero-order valence-corrected chi connectivity index (χ0v) is 17.8. The molecule has 6 unspecified atom stereocenters. The highest BCUT2D eigenvalue weighted by atomic mass is 16.5. The largest absolute Gasteiger partial charge is 0.368 e. The fourth-order valence-electron chi connectivity index (χ4n) is 6.21. The Balaban J connectivity index is 1.57. The molecule has 3 heterocycles. The SMILES string of the molecule is CC(=O)N1C2CCC(C3CNN(C)C3C)CC2N(C(=O)C2CCCO2)C[C@@H]1C. The Bertz CT molecular complexity index is 608. The quantitative estimate of drug-likeness (QED) is 0.766. The lowest BCUT2D eigenvalue weighted by Crippen LogP contribution is -2.68. The van der Waals surface area contributed by atoms with E-state index in [1.807, 2.05) is 0 Å². The molecule has 28 heavy (non-hydrogen) atoms. The highest BCUT2D eigenvalue weighted by Gasteiger charge is 2.49. The lowest BCUT2D eigenvalue weighted by atomic mass is 9.72. The van der Waals surface area contributed by atoms with Crippen molar-refractivity contribution in [1.82, 2.24) is 20.2 Å². The first-order valence-corrected chi connectivity index (χ1v) is 11.1. The smallest absolute Gasteiger partial charge is 0.252 e. The Labute approximate surface area is 168 Å². The molecule has 1 saturated carbocycles. The Hall–Kier alpha value is -1.18. The number of amides is 2. The second-order valence-corrected chi connectivity index (χ2v) is 9.35. The van der Waals surface area contributed by atoms with Gasteiger partial charge in [-0.2, -0.15) is 0 Å². The second kappa shape index (κ2) is 7.92. The molecule has 4 rings (SSSR count). The van der Waals surface area contributed by atoms with E-state index in [0.29, 0.717) is 31.0 Å². The van der Waals surface area contributed by atoms with E-state index >= 15 is 0 Å². The number of nitrogens with one attached hydrogen (secondary N) is 1. The lowest BCUT2D eigenvalue weighted by molar-refractivity contribution is -0.160. The molecule has 4 fully saturated rings. The van der Waals surface area contributed by atoms with Crippen LogP contribution in [0, 0.1) is 11.8 Å². The van der Waals surface area contributed by atoms with Gasteiger partial charge in [0.15, 0.2) is 0 Å². The fraction of sp³-hybridized carbons (Fsp3) is 0.905. The van der Waals surface area contributed by atoms with Gasteiger partial charge in [0.1, 0.15) is 6.10 Å². The van der Waals surface area contributed by atoms with Crippen LogP contribution < -0.4 is 5.43 Å². The van der Waals surface area contributed by atoms with Gasteiger partial charge in [-0.3, -0.25) is 15.0 Å². The zero-order valence-electron chi connectivity index (χ0n) is 17.8. The Morgan fingerprint density at radius 3 is 2.50 bits per heavy atom. The van der Waals surface area contributed by atoms with E-state index in [1.54, 1.807) is 6.92 Å². The molecule has 2 amide bonds. The van der Waals surface area contributed by atoms with E-state index < -0.39 is 0 Å². The average Bonchev–Trinajstić information content (AvgIpc) is 3.31. The van der Waals surface area contributed by atoms with Gasteiger partial charge >= 0.3 is 0 Å². The first-order valence-electron chi connectivity index (χ1n) is 11.1. The maximum absolute atomic E-state index is 13.3. The predicted octanol–water partition coefficient (Wildman–Crippen LogP) is 1.24. The van der Waals surface area contributed by atoms with E-state index in [2.05, 4.69) is 41.1 Å². The summed E-state index contributed by atoms with van der Waals surface area (Å²) in [4.78, 5) is 29.9. The number of rotatable bonds is 2. The Morgan fingerprint density at radius 2 is 1.89 bits per heavy atom. The minimum atomic E-state index is -0.282. The first-order chi connectivity index (χ1) is 13.4. The van der Waals surface area contributed by atoms with Gasteiger partial charge in [-0.1, -0.05) is 0 Å². The van der Waals surface area contributed by atoms with Crippen LogP contribution in [0.4, 0.5) is 0 Å². The van der Waals surface area contributed by atoms with Crippen LogP contribution in [0.15, 0.2) is 0 Å². The summed E-state index contributed by atoms with van der Waals surface area (Å²) in [5.41, 5.74) is 3.47. The number of hydrogen-bond acceptors (Lipinski definition) is 5. The highest BCUT2D eigenvalue weighted by Crippen LogP contribution is 2.41. The molecule has 3 aliphatic heterocycles. The van der Waals surface area contributed by atoms with Gasteiger partial charge in [0.25, 0.3) is 5.91 Å². The zero-order chi connectivity index (χ0) is 20.0. The Kier molecular flexibility index (Phi) is 5.69. The van der Waals surface area contributed by atoms with Gasteiger partial charge in [-0.05, 0) is 57.8 Å². The average molecular weight is 393 g/mol. The van der Waals surface area contributed by atoms with E-state index in [1.165, 1.54) is 0 Å². The van der Waals surface area contributed by atoms with Crippen molar-refractivity contribution in [1.29, 1.82) is 0 Å². The molecule has 7 atom stereocenters. The normalized spacial score (nSPS) is 41.9. The number of nitrogens with zero attached hydrogens (tertiary/aromatic N) is 3. The van der Waals surface area contributed by atoms with Crippen molar-refractivity contribution in [3.8, 4) is 0 Å². The number of fused-ring (bicyclic) bond motifs is 1. The third kappa shape index (κ3) is 3.46. The summed E-state index contributed by atoms with van der Waals surface area (Å²) in [6.07, 6.45) is 4.62. The summed E-state index contributed by atoms with van der Waals surface area (Å²) >= 11 is 0. The minimum absolute atomic E-state index is 0.0684. The molecular formula is C21H36N4O3. The maximum atomic E-state index is 13.3. The van der Waals surface area contributed by atoms with Crippen molar-refractivity contribution in [3.05, 3.63) is 0 Å². The third-order valence-electron chi connectivity index (χ3n) is 7.78. The van der Waals surface area contributed by atoms with E-state index in [9.17, 15) is 9.59 Å². The molecule has 7 heteroatoms. The second-order valence-electron chi connectivity index (χ2n) is 9.35. The molecule has 1 N–H and O–H groups in total. The first kappa shape index (κ1) is 20.1. The van der Waals surface area contributed by atoms with Crippen LogP contribution in [0.5, 0.6) is 0 Å². The molecule has 158 valence electrons. The van der Waals surface area contributed by atoms with Crippen molar-refractivity contribution in [2.75, 3.05) is 26.7 Å². The summed E-state index contributed by atoms with van der Waals surface area (Å²) in [5.74, 6) is 1.46. The van der Waals surface area contributed by atoms with Crippen molar-refractivity contribution in [2.45, 2.75) is 83.1 Å². The van der Waals surface area contributed by atoms with Crippen molar-refractivity contribution in [3.63, 3.8) is 0 Å². The molecule has 0 aromatic heterocycles. The number of hydrogen-bond donors (Lipinski definition) is 1. The van der Waals surface area contributed by atoms with Crippen LogP contribution in [0.3, 0.4) is 0 Å². The maximum Gasteiger partial charge on any atom is 0.252 e.